The minimum Gasteiger partial charge on any atom is -0.496 e. The van der Waals surface area contributed by atoms with E-state index in [0.29, 0.717) is 17.9 Å². The van der Waals surface area contributed by atoms with Crippen LogP contribution >= 0.6 is 0 Å². The van der Waals surface area contributed by atoms with Gasteiger partial charge in [0.1, 0.15) is 29.8 Å². The molecule has 3 N–H and O–H groups in total. The summed E-state index contributed by atoms with van der Waals surface area (Å²) in [6.45, 7) is 4.35. The van der Waals surface area contributed by atoms with Crippen LogP contribution in [0.2, 0.25) is 0 Å². The standard InChI is InChI=1S/C22H26O7/c1-4-27-15-7-5-13(6-8-15)16-10-17-14(9-18(16)26-3)11-28-22(17)21(25)20(24)19(23)12(2)29-22/h5-10,12,19-21,23-25H,4,11H2,1-3H3/t12-,19-,20+,21-,22+/m1/s1. The Kier molecular flexibility index (Phi) is 5.27. The summed E-state index contributed by atoms with van der Waals surface area (Å²) in [6.07, 6.45) is -4.74. The highest BCUT2D eigenvalue weighted by Crippen LogP contribution is 2.48. The van der Waals surface area contributed by atoms with Crippen molar-refractivity contribution >= 4 is 0 Å². The molecule has 0 amide bonds. The van der Waals surface area contributed by atoms with Crippen molar-refractivity contribution in [1.82, 2.24) is 0 Å². The van der Waals surface area contributed by atoms with Crippen LogP contribution in [-0.4, -0.2) is 53.5 Å². The van der Waals surface area contributed by atoms with Crippen molar-refractivity contribution in [3.8, 4) is 22.6 Å². The number of ether oxygens (including phenoxy) is 4. The molecule has 0 saturated carbocycles. The Morgan fingerprint density at radius 1 is 1.10 bits per heavy atom. The molecule has 2 heterocycles. The summed E-state index contributed by atoms with van der Waals surface area (Å²) >= 11 is 0. The number of methoxy groups -OCH3 is 1. The lowest BCUT2D eigenvalue weighted by atomic mass is 9.86. The molecule has 156 valence electrons. The quantitative estimate of drug-likeness (QED) is 0.719. The highest BCUT2D eigenvalue weighted by molar-refractivity contribution is 5.73. The summed E-state index contributed by atoms with van der Waals surface area (Å²) < 4.78 is 22.9. The zero-order chi connectivity index (χ0) is 20.8. The summed E-state index contributed by atoms with van der Waals surface area (Å²) in [5.74, 6) is -0.111. The minimum absolute atomic E-state index is 0.196. The van der Waals surface area contributed by atoms with Crippen LogP contribution < -0.4 is 9.47 Å². The van der Waals surface area contributed by atoms with E-state index in [1.165, 1.54) is 0 Å². The molecule has 1 spiro atoms. The second-order valence-corrected chi connectivity index (χ2v) is 7.37. The summed E-state index contributed by atoms with van der Waals surface area (Å²) in [6, 6.07) is 11.3. The van der Waals surface area contributed by atoms with Crippen molar-refractivity contribution in [3.63, 3.8) is 0 Å². The average Bonchev–Trinajstić information content (AvgIpc) is 3.09. The Bertz CT molecular complexity index is 881. The van der Waals surface area contributed by atoms with E-state index in [4.69, 9.17) is 18.9 Å². The monoisotopic (exact) mass is 402 g/mol. The molecule has 0 aromatic heterocycles. The van der Waals surface area contributed by atoms with Gasteiger partial charge in [-0.1, -0.05) is 12.1 Å². The molecule has 29 heavy (non-hydrogen) atoms. The van der Waals surface area contributed by atoms with E-state index in [1.54, 1.807) is 14.0 Å². The fraction of sp³-hybridized carbons (Fsp3) is 0.455. The second-order valence-electron chi connectivity index (χ2n) is 7.37. The van der Waals surface area contributed by atoms with Crippen molar-refractivity contribution in [3.05, 3.63) is 47.5 Å². The van der Waals surface area contributed by atoms with Gasteiger partial charge in [0.15, 0.2) is 0 Å². The van der Waals surface area contributed by atoms with Gasteiger partial charge < -0.3 is 34.3 Å². The predicted octanol–water partition coefficient (Wildman–Crippen LogP) is 1.95. The van der Waals surface area contributed by atoms with Crippen LogP contribution in [0.4, 0.5) is 0 Å². The molecule has 1 fully saturated rings. The van der Waals surface area contributed by atoms with Crippen LogP contribution in [0.3, 0.4) is 0 Å². The largest absolute Gasteiger partial charge is 0.496 e. The molecule has 0 bridgehead atoms. The van der Waals surface area contributed by atoms with E-state index in [0.717, 1.165) is 22.4 Å². The molecule has 2 aromatic rings. The molecule has 5 atom stereocenters. The number of benzene rings is 2. The zero-order valence-electron chi connectivity index (χ0n) is 16.7. The smallest absolute Gasteiger partial charge is 0.225 e. The van der Waals surface area contributed by atoms with Crippen molar-refractivity contribution in [2.45, 2.75) is 50.7 Å². The molecule has 2 aromatic carbocycles. The SMILES string of the molecule is CCOc1ccc(-c2cc3c(cc2OC)CO[C@]32O[C@H](C)[C@@H](O)[C@H](O)[C@H]2O)cc1. The van der Waals surface area contributed by atoms with Gasteiger partial charge in [0.2, 0.25) is 5.79 Å². The summed E-state index contributed by atoms with van der Waals surface area (Å²) in [5, 5.41) is 31.1. The number of hydrogen-bond acceptors (Lipinski definition) is 7. The Balaban J connectivity index is 1.80. The lowest BCUT2D eigenvalue weighted by molar-refractivity contribution is -0.362. The molecule has 7 heteroatoms. The van der Waals surface area contributed by atoms with Gasteiger partial charge in [0.05, 0.1) is 26.4 Å². The fourth-order valence-electron chi connectivity index (χ4n) is 4.07. The van der Waals surface area contributed by atoms with E-state index in [2.05, 4.69) is 0 Å². The van der Waals surface area contributed by atoms with E-state index >= 15 is 0 Å². The van der Waals surface area contributed by atoms with Gasteiger partial charge in [-0.15, -0.1) is 0 Å². The Morgan fingerprint density at radius 2 is 1.83 bits per heavy atom. The molecule has 4 rings (SSSR count). The Hall–Kier alpha value is -2.16. The van der Waals surface area contributed by atoms with Crippen molar-refractivity contribution in [1.29, 1.82) is 0 Å². The van der Waals surface area contributed by atoms with Crippen LogP contribution in [0.25, 0.3) is 11.1 Å². The molecule has 7 nitrogen and oxygen atoms in total. The van der Waals surface area contributed by atoms with E-state index < -0.39 is 30.2 Å². The third-order valence-electron chi connectivity index (χ3n) is 5.62. The maximum atomic E-state index is 10.7. The summed E-state index contributed by atoms with van der Waals surface area (Å²) in [5.41, 5.74) is 3.11. The van der Waals surface area contributed by atoms with Gasteiger partial charge in [0.25, 0.3) is 0 Å². The van der Waals surface area contributed by atoms with Crippen LogP contribution in [0, 0.1) is 0 Å². The van der Waals surface area contributed by atoms with Gasteiger partial charge in [0, 0.05) is 11.1 Å². The van der Waals surface area contributed by atoms with Crippen molar-refractivity contribution < 1.29 is 34.3 Å². The predicted molar refractivity (Wildman–Crippen MR) is 105 cm³/mol. The number of hydrogen-bond donors (Lipinski definition) is 3. The van der Waals surface area contributed by atoms with E-state index in [1.807, 2.05) is 43.3 Å². The van der Waals surface area contributed by atoms with Crippen LogP contribution in [0.5, 0.6) is 11.5 Å². The van der Waals surface area contributed by atoms with Crippen LogP contribution in [0.15, 0.2) is 36.4 Å². The molecule has 0 unspecified atom stereocenters. The van der Waals surface area contributed by atoms with Gasteiger partial charge in [-0.05, 0) is 49.2 Å². The average molecular weight is 402 g/mol. The van der Waals surface area contributed by atoms with E-state index in [9.17, 15) is 15.3 Å². The topological polar surface area (TPSA) is 97.6 Å². The van der Waals surface area contributed by atoms with Crippen LogP contribution in [0.1, 0.15) is 25.0 Å². The van der Waals surface area contributed by atoms with Crippen molar-refractivity contribution in [2.75, 3.05) is 13.7 Å². The first-order chi connectivity index (χ1) is 13.9. The van der Waals surface area contributed by atoms with Crippen molar-refractivity contribution in [2.24, 2.45) is 0 Å². The number of aliphatic hydroxyl groups is 3. The number of rotatable bonds is 4. The highest BCUT2D eigenvalue weighted by Gasteiger charge is 2.57. The van der Waals surface area contributed by atoms with Gasteiger partial charge in [-0.3, -0.25) is 0 Å². The molecular weight excluding hydrogens is 376 g/mol. The van der Waals surface area contributed by atoms with E-state index in [-0.39, 0.29) is 6.61 Å². The minimum atomic E-state index is -1.54. The van der Waals surface area contributed by atoms with Crippen LogP contribution in [-0.2, 0) is 21.9 Å². The molecule has 1 saturated heterocycles. The number of aliphatic hydroxyl groups excluding tert-OH is 3. The molecule has 2 aliphatic heterocycles. The first kappa shape index (κ1) is 20.1. The first-order valence-corrected chi connectivity index (χ1v) is 9.72. The highest BCUT2D eigenvalue weighted by atomic mass is 16.7. The normalized spacial score (nSPS) is 31.0. The third kappa shape index (κ3) is 3.19. The second kappa shape index (κ2) is 7.59. The van der Waals surface area contributed by atoms with Gasteiger partial charge >= 0.3 is 0 Å². The third-order valence-corrected chi connectivity index (χ3v) is 5.62. The first-order valence-electron chi connectivity index (χ1n) is 9.72. The Labute approximate surface area is 169 Å². The zero-order valence-corrected chi connectivity index (χ0v) is 16.7. The molecular formula is C22H26O7. The number of fused-ring (bicyclic) bond motifs is 2. The lowest BCUT2D eigenvalue weighted by Crippen LogP contribution is -2.61. The molecule has 0 radical (unpaired) electrons. The summed E-state index contributed by atoms with van der Waals surface area (Å²) in [4.78, 5) is 0. The van der Waals surface area contributed by atoms with Gasteiger partial charge in [-0.25, -0.2) is 0 Å². The maximum Gasteiger partial charge on any atom is 0.225 e. The Morgan fingerprint density at radius 3 is 2.48 bits per heavy atom. The molecule has 2 aliphatic rings. The molecule has 0 aliphatic carbocycles. The summed E-state index contributed by atoms with van der Waals surface area (Å²) in [7, 11) is 1.60. The lowest BCUT2D eigenvalue weighted by Gasteiger charge is -2.45. The fourth-order valence-corrected chi connectivity index (χ4v) is 4.07. The van der Waals surface area contributed by atoms with Gasteiger partial charge in [-0.2, -0.15) is 0 Å². The maximum absolute atomic E-state index is 10.7.